The Morgan fingerprint density at radius 2 is 1.88 bits per heavy atom. The number of nitrogens with one attached hydrogen (secondary N) is 1. The van der Waals surface area contributed by atoms with Gasteiger partial charge in [0.25, 0.3) is 0 Å². The maximum atomic E-state index is 12.1. The van der Waals surface area contributed by atoms with Crippen molar-refractivity contribution in [3.8, 4) is 0 Å². The summed E-state index contributed by atoms with van der Waals surface area (Å²) >= 11 is 0. The summed E-state index contributed by atoms with van der Waals surface area (Å²) in [5, 5.41) is 3.41. The molecule has 2 heterocycles. The summed E-state index contributed by atoms with van der Waals surface area (Å²) < 4.78 is 0. The van der Waals surface area contributed by atoms with Crippen LogP contribution in [-0.4, -0.2) is 60.5 Å². The smallest absolute Gasteiger partial charge is 0.224 e. The lowest BCUT2D eigenvalue weighted by atomic mass is 10.1. The number of piperazine rings is 1. The van der Waals surface area contributed by atoms with Crippen LogP contribution in [0, 0.1) is 0 Å². The maximum Gasteiger partial charge on any atom is 0.224 e. The van der Waals surface area contributed by atoms with Crippen molar-refractivity contribution in [3.63, 3.8) is 0 Å². The molecule has 0 radical (unpaired) electrons. The molecular formula is C13H23N3O. The van der Waals surface area contributed by atoms with E-state index in [1.807, 2.05) is 0 Å². The quantitative estimate of drug-likeness (QED) is 0.773. The van der Waals surface area contributed by atoms with E-state index in [4.69, 9.17) is 0 Å². The van der Waals surface area contributed by atoms with Crippen molar-refractivity contribution in [1.29, 1.82) is 0 Å². The molecule has 3 aliphatic rings. The van der Waals surface area contributed by atoms with E-state index in [0.29, 0.717) is 18.4 Å². The van der Waals surface area contributed by atoms with Gasteiger partial charge in [-0.2, -0.15) is 0 Å². The molecule has 1 N–H and O–H groups in total. The van der Waals surface area contributed by atoms with Gasteiger partial charge in [-0.1, -0.05) is 0 Å². The van der Waals surface area contributed by atoms with Crippen LogP contribution >= 0.6 is 0 Å². The fourth-order valence-corrected chi connectivity index (χ4v) is 3.05. The van der Waals surface area contributed by atoms with E-state index in [-0.39, 0.29) is 0 Å². The maximum absolute atomic E-state index is 12.1. The Morgan fingerprint density at radius 3 is 2.47 bits per heavy atom. The van der Waals surface area contributed by atoms with Gasteiger partial charge >= 0.3 is 0 Å². The minimum absolute atomic E-state index is 0.361. The lowest BCUT2D eigenvalue weighted by molar-refractivity contribution is -0.133. The average Bonchev–Trinajstić information content (AvgIpc) is 3.09. The van der Waals surface area contributed by atoms with Gasteiger partial charge in [-0.3, -0.25) is 9.69 Å². The van der Waals surface area contributed by atoms with Crippen LogP contribution in [0.15, 0.2) is 0 Å². The van der Waals surface area contributed by atoms with E-state index >= 15 is 0 Å². The number of carbonyl (C=O) groups is 1. The lowest BCUT2D eigenvalue weighted by Crippen LogP contribution is -2.50. The number of amides is 1. The minimum atomic E-state index is 0.361. The van der Waals surface area contributed by atoms with Gasteiger partial charge in [0.2, 0.25) is 5.91 Å². The highest BCUT2D eigenvalue weighted by atomic mass is 16.2. The number of carbonyl (C=O) groups excluding carboxylic acids is 1. The third-order valence-corrected chi connectivity index (χ3v) is 4.31. The Hall–Kier alpha value is -0.610. The molecule has 2 saturated heterocycles. The van der Waals surface area contributed by atoms with Gasteiger partial charge in [0.05, 0.1) is 0 Å². The summed E-state index contributed by atoms with van der Waals surface area (Å²) in [5.74, 6) is 0.361. The van der Waals surface area contributed by atoms with Crippen LogP contribution in [0.2, 0.25) is 0 Å². The Balaban J connectivity index is 1.43. The summed E-state index contributed by atoms with van der Waals surface area (Å²) in [7, 11) is 0. The summed E-state index contributed by atoms with van der Waals surface area (Å²) in [4.78, 5) is 16.7. The zero-order valence-corrected chi connectivity index (χ0v) is 10.5. The average molecular weight is 237 g/mol. The third-order valence-electron chi connectivity index (χ3n) is 4.31. The van der Waals surface area contributed by atoms with Crippen molar-refractivity contribution < 1.29 is 4.79 Å². The molecule has 1 unspecified atom stereocenters. The number of rotatable bonds is 3. The fraction of sp³-hybridized carbons (Fsp3) is 0.923. The first kappa shape index (κ1) is 11.5. The third kappa shape index (κ3) is 2.80. The standard InChI is InChI=1S/C13H23N3O/c17-13(10-11-2-1-5-14-11)16-8-6-15(7-9-16)12-3-4-12/h11-12,14H,1-10H2. The molecule has 0 aromatic rings. The SMILES string of the molecule is O=C(CC1CCCN1)N1CCN(C2CC2)CC1. The van der Waals surface area contributed by atoms with E-state index in [0.717, 1.165) is 38.8 Å². The van der Waals surface area contributed by atoms with Gasteiger partial charge in [0, 0.05) is 44.7 Å². The van der Waals surface area contributed by atoms with Crippen LogP contribution in [0.25, 0.3) is 0 Å². The molecule has 1 atom stereocenters. The topological polar surface area (TPSA) is 35.6 Å². The van der Waals surface area contributed by atoms with Crippen molar-refractivity contribution in [2.75, 3.05) is 32.7 Å². The second kappa shape index (κ2) is 4.94. The first-order valence-corrected chi connectivity index (χ1v) is 7.08. The van der Waals surface area contributed by atoms with Crippen molar-refractivity contribution in [2.24, 2.45) is 0 Å². The number of hydrogen-bond acceptors (Lipinski definition) is 3. The van der Waals surface area contributed by atoms with E-state index < -0.39 is 0 Å². The predicted octanol–water partition coefficient (Wildman–Crippen LogP) is 0.435. The van der Waals surface area contributed by atoms with Crippen molar-refractivity contribution >= 4 is 5.91 Å². The van der Waals surface area contributed by atoms with Crippen LogP contribution < -0.4 is 5.32 Å². The Bertz CT molecular complexity index is 276. The van der Waals surface area contributed by atoms with Crippen LogP contribution in [0.3, 0.4) is 0 Å². The van der Waals surface area contributed by atoms with Crippen LogP contribution in [0.5, 0.6) is 0 Å². The molecule has 0 bridgehead atoms. The van der Waals surface area contributed by atoms with Gasteiger partial charge in [-0.05, 0) is 32.2 Å². The monoisotopic (exact) mass is 237 g/mol. The summed E-state index contributed by atoms with van der Waals surface area (Å²) in [5.41, 5.74) is 0. The highest BCUT2D eigenvalue weighted by Gasteiger charge is 2.32. The minimum Gasteiger partial charge on any atom is -0.340 e. The summed E-state index contributed by atoms with van der Waals surface area (Å²) in [6.45, 7) is 5.17. The molecule has 3 rings (SSSR count). The highest BCUT2D eigenvalue weighted by molar-refractivity contribution is 5.77. The van der Waals surface area contributed by atoms with Crippen LogP contribution in [0.4, 0.5) is 0 Å². The second-order valence-corrected chi connectivity index (χ2v) is 5.65. The largest absolute Gasteiger partial charge is 0.340 e. The summed E-state index contributed by atoms with van der Waals surface area (Å²) in [6.07, 6.45) is 5.87. The number of nitrogens with zero attached hydrogens (tertiary/aromatic N) is 2. The Morgan fingerprint density at radius 1 is 1.12 bits per heavy atom. The van der Waals surface area contributed by atoms with Gasteiger partial charge < -0.3 is 10.2 Å². The van der Waals surface area contributed by atoms with Crippen molar-refractivity contribution in [1.82, 2.24) is 15.1 Å². The molecule has 0 spiro atoms. The van der Waals surface area contributed by atoms with E-state index in [1.165, 1.54) is 25.7 Å². The Labute approximate surface area is 103 Å². The molecule has 1 amide bonds. The second-order valence-electron chi connectivity index (χ2n) is 5.65. The molecule has 2 aliphatic heterocycles. The van der Waals surface area contributed by atoms with Crippen LogP contribution in [-0.2, 0) is 4.79 Å². The molecule has 4 nitrogen and oxygen atoms in total. The molecule has 3 fully saturated rings. The highest BCUT2D eigenvalue weighted by Crippen LogP contribution is 2.27. The zero-order valence-electron chi connectivity index (χ0n) is 10.5. The van der Waals surface area contributed by atoms with Gasteiger partial charge in [0.1, 0.15) is 0 Å². The number of hydrogen-bond donors (Lipinski definition) is 1. The predicted molar refractivity (Wildman–Crippen MR) is 66.8 cm³/mol. The molecule has 0 aromatic heterocycles. The van der Waals surface area contributed by atoms with Crippen molar-refractivity contribution in [3.05, 3.63) is 0 Å². The molecule has 1 saturated carbocycles. The zero-order chi connectivity index (χ0) is 11.7. The summed E-state index contributed by atoms with van der Waals surface area (Å²) in [6, 6.07) is 1.30. The van der Waals surface area contributed by atoms with Crippen molar-refractivity contribution in [2.45, 2.75) is 44.2 Å². The first-order chi connectivity index (χ1) is 8.33. The fourth-order valence-electron chi connectivity index (χ4n) is 3.05. The first-order valence-electron chi connectivity index (χ1n) is 7.08. The van der Waals surface area contributed by atoms with E-state index in [9.17, 15) is 4.79 Å². The molecule has 96 valence electrons. The van der Waals surface area contributed by atoms with E-state index in [2.05, 4.69) is 15.1 Å². The van der Waals surface area contributed by atoms with Gasteiger partial charge in [0.15, 0.2) is 0 Å². The van der Waals surface area contributed by atoms with Gasteiger partial charge in [-0.25, -0.2) is 0 Å². The van der Waals surface area contributed by atoms with Gasteiger partial charge in [-0.15, -0.1) is 0 Å². The normalized spacial score (nSPS) is 30.8. The van der Waals surface area contributed by atoms with Crippen LogP contribution in [0.1, 0.15) is 32.1 Å². The molecule has 17 heavy (non-hydrogen) atoms. The lowest BCUT2D eigenvalue weighted by Gasteiger charge is -2.35. The molecule has 0 aromatic carbocycles. The molecule has 1 aliphatic carbocycles. The molecule has 4 heteroatoms. The molecular weight excluding hydrogens is 214 g/mol. The van der Waals surface area contributed by atoms with E-state index in [1.54, 1.807) is 0 Å². The Kier molecular flexibility index (Phi) is 3.34.